The van der Waals surface area contributed by atoms with Crippen LogP contribution in [0.3, 0.4) is 0 Å². The average Bonchev–Trinajstić information content (AvgIpc) is 3.21. The first-order chi connectivity index (χ1) is 9.61. The molecule has 2 aromatic carbocycles. The molecule has 0 atom stereocenters. The van der Waals surface area contributed by atoms with Crippen LogP contribution in [0, 0.1) is 11.6 Å². The Hall–Kier alpha value is -2.23. The number of rotatable bonds is 4. The third-order valence-corrected chi connectivity index (χ3v) is 3.05. The van der Waals surface area contributed by atoms with Crippen molar-refractivity contribution in [2.24, 2.45) is 0 Å². The molecule has 3 rings (SSSR count). The van der Waals surface area contributed by atoms with Crippen molar-refractivity contribution in [1.29, 1.82) is 0 Å². The van der Waals surface area contributed by atoms with Crippen molar-refractivity contribution in [3.8, 4) is 5.75 Å². The van der Waals surface area contributed by atoms with E-state index in [0.29, 0.717) is 11.3 Å². The van der Waals surface area contributed by atoms with Gasteiger partial charge in [-0.15, -0.1) is 0 Å². The van der Waals surface area contributed by atoms with Crippen LogP contribution < -0.4 is 4.74 Å². The Kier molecular flexibility index (Phi) is 3.22. The summed E-state index contributed by atoms with van der Waals surface area (Å²) in [5.41, 5.74) is 0.347. The second-order valence-electron chi connectivity index (χ2n) is 4.83. The summed E-state index contributed by atoms with van der Waals surface area (Å²) >= 11 is 0. The zero-order valence-electron chi connectivity index (χ0n) is 10.6. The smallest absolute Gasteiger partial charge is 0.193 e. The molecule has 102 valence electrons. The van der Waals surface area contributed by atoms with E-state index in [1.807, 2.05) is 0 Å². The van der Waals surface area contributed by atoms with Gasteiger partial charge in [-0.1, -0.05) is 12.1 Å². The van der Waals surface area contributed by atoms with Gasteiger partial charge < -0.3 is 4.74 Å². The van der Waals surface area contributed by atoms with E-state index < -0.39 is 17.4 Å². The zero-order chi connectivity index (χ0) is 14.1. The van der Waals surface area contributed by atoms with Crippen LogP contribution in [0.25, 0.3) is 0 Å². The molecule has 2 aromatic rings. The molecular weight excluding hydrogens is 262 g/mol. The first-order valence-electron chi connectivity index (χ1n) is 6.39. The molecule has 1 aliphatic carbocycles. The molecule has 20 heavy (non-hydrogen) atoms. The van der Waals surface area contributed by atoms with E-state index in [-0.39, 0.29) is 11.7 Å². The number of benzene rings is 2. The minimum Gasteiger partial charge on any atom is -0.490 e. The van der Waals surface area contributed by atoms with Crippen molar-refractivity contribution >= 4 is 5.78 Å². The predicted octanol–water partition coefficient (Wildman–Crippen LogP) is 3.74. The Bertz CT molecular complexity index is 643. The van der Waals surface area contributed by atoms with Crippen LogP contribution in [-0.4, -0.2) is 11.9 Å². The fourth-order valence-corrected chi connectivity index (χ4v) is 1.94. The summed E-state index contributed by atoms with van der Waals surface area (Å²) in [7, 11) is 0. The van der Waals surface area contributed by atoms with Crippen LogP contribution in [0.1, 0.15) is 28.8 Å². The number of hydrogen-bond donors (Lipinski definition) is 0. The van der Waals surface area contributed by atoms with Crippen molar-refractivity contribution in [1.82, 2.24) is 0 Å². The zero-order valence-corrected chi connectivity index (χ0v) is 10.6. The Balaban J connectivity index is 1.88. The van der Waals surface area contributed by atoms with E-state index in [1.165, 1.54) is 0 Å². The number of ether oxygens (including phenoxy) is 1. The van der Waals surface area contributed by atoms with Crippen molar-refractivity contribution in [2.45, 2.75) is 18.9 Å². The number of carbonyl (C=O) groups excluding carboxylic acids is 1. The van der Waals surface area contributed by atoms with E-state index in [9.17, 15) is 13.6 Å². The molecule has 1 saturated carbocycles. The highest BCUT2D eigenvalue weighted by atomic mass is 19.1. The van der Waals surface area contributed by atoms with Gasteiger partial charge in [-0.25, -0.2) is 8.78 Å². The number of ketones is 1. The minimum atomic E-state index is -0.765. The summed E-state index contributed by atoms with van der Waals surface area (Å²) in [5, 5.41) is 0. The molecule has 0 heterocycles. The third kappa shape index (κ3) is 2.85. The Morgan fingerprint density at radius 1 is 1.00 bits per heavy atom. The average molecular weight is 274 g/mol. The van der Waals surface area contributed by atoms with E-state index in [4.69, 9.17) is 4.74 Å². The molecule has 4 heteroatoms. The fraction of sp³-hybridized carbons (Fsp3) is 0.188. The molecule has 0 N–H and O–H groups in total. The normalized spacial score (nSPS) is 14.1. The van der Waals surface area contributed by atoms with Crippen LogP contribution in [0.15, 0.2) is 42.5 Å². The SMILES string of the molecule is O=C(c1cc(F)cc(F)c1)c1cccc(OC2CC2)c1. The fourth-order valence-electron chi connectivity index (χ4n) is 1.94. The molecule has 0 unspecified atom stereocenters. The lowest BCUT2D eigenvalue weighted by molar-refractivity contribution is 0.103. The van der Waals surface area contributed by atoms with Crippen LogP contribution in [0.4, 0.5) is 8.78 Å². The van der Waals surface area contributed by atoms with Gasteiger partial charge >= 0.3 is 0 Å². The van der Waals surface area contributed by atoms with Gasteiger partial charge in [-0.3, -0.25) is 4.79 Å². The Morgan fingerprint density at radius 3 is 2.35 bits per heavy atom. The second-order valence-corrected chi connectivity index (χ2v) is 4.83. The highest BCUT2D eigenvalue weighted by Gasteiger charge is 2.23. The van der Waals surface area contributed by atoms with Crippen LogP contribution >= 0.6 is 0 Å². The molecule has 0 spiro atoms. The standard InChI is InChI=1S/C16H12F2O2/c17-12-6-11(7-13(18)9-12)16(19)10-2-1-3-15(8-10)20-14-4-5-14/h1-3,6-9,14H,4-5H2. The maximum atomic E-state index is 13.1. The maximum absolute atomic E-state index is 13.1. The molecule has 2 nitrogen and oxygen atoms in total. The molecule has 0 aliphatic heterocycles. The summed E-state index contributed by atoms with van der Waals surface area (Å²) in [5.74, 6) is -1.35. The lowest BCUT2D eigenvalue weighted by atomic mass is 10.0. The number of carbonyl (C=O) groups is 1. The van der Waals surface area contributed by atoms with E-state index >= 15 is 0 Å². The van der Waals surface area contributed by atoms with Gasteiger partial charge in [0.1, 0.15) is 17.4 Å². The number of hydrogen-bond acceptors (Lipinski definition) is 2. The third-order valence-electron chi connectivity index (χ3n) is 3.05. The molecule has 1 fully saturated rings. The highest BCUT2D eigenvalue weighted by Crippen LogP contribution is 2.27. The summed E-state index contributed by atoms with van der Waals surface area (Å²) < 4.78 is 31.9. The van der Waals surface area contributed by atoms with Gasteiger partial charge in [0.15, 0.2) is 5.78 Å². The van der Waals surface area contributed by atoms with Crippen molar-refractivity contribution in [3.63, 3.8) is 0 Å². The highest BCUT2D eigenvalue weighted by molar-refractivity contribution is 6.09. The van der Waals surface area contributed by atoms with Crippen LogP contribution in [-0.2, 0) is 0 Å². The number of halogens is 2. The van der Waals surface area contributed by atoms with Gasteiger partial charge in [-0.2, -0.15) is 0 Å². The van der Waals surface area contributed by atoms with Crippen LogP contribution in [0.2, 0.25) is 0 Å². The molecule has 0 radical (unpaired) electrons. The Labute approximate surface area is 115 Å². The first kappa shape index (κ1) is 12.8. The minimum absolute atomic E-state index is 0.00827. The van der Waals surface area contributed by atoms with Gasteiger partial charge in [0.25, 0.3) is 0 Å². The van der Waals surface area contributed by atoms with Gasteiger partial charge in [-0.05, 0) is 37.1 Å². The quantitative estimate of drug-likeness (QED) is 0.794. The molecule has 0 saturated heterocycles. The molecule has 0 amide bonds. The summed E-state index contributed by atoms with van der Waals surface area (Å²) in [4.78, 5) is 12.2. The van der Waals surface area contributed by atoms with Crippen molar-refractivity contribution < 1.29 is 18.3 Å². The monoisotopic (exact) mass is 274 g/mol. The Morgan fingerprint density at radius 2 is 1.70 bits per heavy atom. The van der Waals surface area contributed by atoms with Crippen molar-refractivity contribution in [3.05, 3.63) is 65.2 Å². The van der Waals surface area contributed by atoms with Gasteiger partial charge in [0.2, 0.25) is 0 Å². The van der Waals surface area contributed by atoms with E-state index in [1.54, 1.807) is 24.3 Å². The summed E-state index contributed by atoms with van der Waals surface area (Å²) in [6, 6.07) is 9.46. The first-order valence-corrected chi connectivity index (χ1v) is 6.39. The van der Waals surface area contributed by atoms with Gasteiger partial charge in [0, 0.05) is 17.2 Å². The maximum Gasteiger partial charge on any atom is 0.193 e. The molecule has 1 aliphatic rings. The molecular formula is C16H12F2O2. The predicted molar refractivity (Wildman–Crippen MR) is 69.9 cm³/mol. The van der Waals surface area contributed by atoms with Crippen molar-refractivity contribution in [2.75, 3.05) is 0 Å². The molecule has 0 aromatic heterocycles. The molecule has 0 bridgehead atoms. The van der Waals surface area contributed by atoms with Gasteiger partial charge in [0.05, 0.1) is 6.10 Å². The van der Waals surface area contributed by atoms with Crippen LogP contribution in [0.5, 0.6) is 5.75 Å². The summed E-state index contributed by atoms with van der Waals surface area (Å²) in [6.07, 6.45) is 2.27. The van der Waals surface area contributed by atoms with E-state index in [2.05, 4.69) is 0 Å². The second kappa shape index (κ2) is 5.04. The summed E-state index contributed by atoms with van der Waals surface area (Å²) in [6.45, 7) is 0. The topological polar surface area (TPSA) is 26.3 Å². The largest absolute Gasteiger partial charge is 0.490 e. The lowest BCUT2D eigenvalue weighted by Crippen LogP contribution is -2.04. The van der Waals surface area contributed by atoms with E-state index in [0.717, 1.165) is 31.0 Å². The lowest BCUT2D eigenvalue weighted by Gasteiger charge is -2.07.